The third-order valence-corrected chi connectivity index (χ3v) is 5.31. The van der Waals surface area contributed by atoms with Gasteiger partial charge in [0.2, 0.25) is 0 Å². The minimum atomic E-state index is -0.578. The van der Waals surface area contributed by atoms with E-state index >= 15 is 0 Å². The monoisotopic (exact) mass is 358 g/mol. The summed E-state index contributed by atoms with van der Waals surface area (Å²) in [6.07, 6.45) is 6.18. The Morgan fingerprint density at radius 1 is 1.42 bits per heavy atom. The number of aryl methyl sites for hydroxylation is 1. The fourth-order valence-electron chi connectivity index (χ4n) is 4.03. The van der Waals surface area contributed by atoms with E-state index in [-0.39, 0.29) is 17.5 Å². The van der Waals surface area contributed by atoms with E-state index < -0.39 is 5.82 Å². The Labute approximate surface area is 152 Å². The van der Waals surface area contributed by atoms with Gasteiger partial charge in [-0.15, -0.1) is 0 Å². The molecule has 138 valence electrons. The zero-order valence-corrected chi connectivity index (χ0v) is 14.9. The number of hydrogen-bond acceptors (Lipinski definition) is 4. The van der Waals surface area contributed by atoms with Crippen LogP contribution in [-0.2, 0) is 24.3 Å². The van der Waals surface area contributed by atoms with Gasteiger partial charge >= 0.3 is 0 Å². The van der Waals surface area contributed by atoms with E-state index in [4.69, 9.17) is 9.84 Å². The predicted molar refractivity (Wildman–Crippen MR) is 93.1 cm³/mol. The zero-order valence-electron chi connectivity index (χ0n) is 14.9. The Kier molecular flexibility index (Phi) is 4.72. The molecule has 4 rings (SSSR count). The van der Waals surface area contributed by atoms with Crippen LogP contribution in [0.2, 0.25) is 0 Å². The van der Waals surface area contributed by atoms with E-state index in [0.717, 1.165) is 49.7 Å². The van der Waals surface area contributed by atoms with Crippen LogP contribution in [0, 0.1) is 5.82 Å². The number of ether oxygens (including phenoxy) is 1. The molecular formula is C19H23FN4O2. The Hall–Kier alpha value is -2.28. The highest BCUT2D eigenvalue weighted by molar-refractivity contribution is 5.94. The second kappa shape index (κ2) is 7.15. The van der Waals surface area contributed by atoms with Crippen LogP contribution < -0.4 is 0 Å². The van der Waals surface area contributed by atoms with Crippen LogP contribution >= 0.6 is 0 Å². The Bertz CT molecular complexity index is 820. The molecule has 2 aliphatic heterocycles. The van der Waals surface area contributed by atoms with Crippen molar-refractivity contribution in [2.75, 3.05) is 13.2 Å². The maximum Gasteiger partial charge on any atom is 0.257 e. The summed E-state index contributed by atoms with van der Waals surface area (Å²) in [7, 11) is 0. The number of pyridine rings is 1. The average Bonchev–Trinajstić information content (AvgIpc) is 3.06. The molecule has 0 saturated carbocycles. The van der Waals surface area contributed by atoms with Crippen LogP contribution in [0.1, 0.15) is 59.5 Å². The summed E-state index contributed by atoms with van der Waals surface area (Å²) < 4.78 is 21.8. The lowest BCUT2D eigenvalue weighted by Gasteiger charge is -2.35. The summed E-state index contributed by atoms with van der Waals surface area (Å²) in [4.78, 5) is 18.6. The third-order valence-electron chi connectivity index (χ3n) is 5.31. The highest BCUT2D eigenvalue weighted by Gasteiger charge is 2.35. The van der Waals surface area contributed by atoms with Gasteiger partial charge in [0.1, 0.15) is 0 Å². The molecule has 0 aromatic carbocycles. The van der Waals surface area contributed by atoms with Gasteiger partial charge in [-0.1, -0.05) is 0 Å². The highest BCUT2D eigenvalue weighted by atomic mass is 19.1. The standard InChI is InChI=1S/C19H23FN4O2/c1-2-24-16-7-10-26-12-14(16)18(22-24)17-5-3-4-9-23(17)19(25)13-6-8-21-11-15(13)20/h6,8,11,17H,2-5,7,9-10,12H2,1H3. The Morgan fingerprint density at radius 2 is 2.31 bits per heavy atom. The number of carbonyl (C=O) groups excluding carboxylic acids is 1. The molecule has 4 heterocycles. The summed E-state index contributed by atoms with van der Waals surface area (Å²) >= 11 is 0. The number of fused-ring (bicyclic) bond motifs is 1. The molecule has 1 atom stereocenters. The Balaban J connectivity index is 1.72. The largest absolute Gasteiger partial charge is 0.376 e. The number of amides is 1. The molecule has 0 aliphatic carbocycles. The average molecular weight is 358 g/mol. The van der Waals surface area contributed by atoms with E-state index in [0.29, 0.717) is 19.8 Å². The highest BCUT2D eigenvalue weighted by Crippen LogP contribution is 2.36. The topological polar surface area (TPSA) is 60.2 Å². The van der Waals surface area contributed by atoms with Crippen LogP contribution in [0.15, 0.2) is 18.5 Å². The number of carbonyl (C=O) groups is 1. The van der Waals surface area contributed by atoms with Crippen LogP contribution in [0.3, 0.4) is 0 Å². The molecule has 1 fully saturated rings. The van der Waals surface area contributed by atoms with E-state index in [2.05, 4.69) is 11.9 Å². The molecule has 1 unspecified atom stereocenters. The first-order valence-electron chi connectivity index (χ1n) is 9.27. The van der Waals surface area contributed by atoms with Crippen LogP contribution in [-0.4, -0.2) is 38.7 Å². The fraction of sp³-hybridized carbons (Fsp3) is 0.526. The molecule has 0 radical (unpaired) electrons. The van der Waals surface area contributed by atoms with E-state index in [1.807, 2.05) is 4.68 Å². The molecule has 1 saturated heterocycles. The lowest BCUT2D eigenvalue weighted by molar-refractivity contribution is 0.0591. The maximum atomic E-state index is 14.1. The summed E-state index contributed by atoms with van der Waals surface area (Å²) in [6, 6.07) is 1.32. The van der Waals surface area contributed by atoms with Gasteiger partial charge in [0.05, 0.1) is 36.7 Å². The van der Waals surface area contributed by atoms with Crippen molar-refractivity contribution in [1.82, 2.24) is 19.7 Å². The molecular weight excluding hydrogens is 335 g/mol. The van der Waals surface area contributed by atoms with Gasteiger partial charge in [-0.3, -0.25) is 14.5 Å². The molecule has 26 heavy (non-hydrogen) atoms. The maximum absolute atomic E-state index is 14.1. The molecule has 2 aliphatic rings. The molecule has 2 aromatic rings. The number of piperidine rings is 1. The predicted octanol–water partition coefficient (Wildman–Crippen LogP) is 2.88. The van der Waals surface area contributed by atoms with Crippen molar-refractivity contribution in [3.05, 3.63) is 46.8 Å². The number of nitrogens with zero attached hydrogens (tertiary/aromatic N) is 4. The molecule has 0 bridgehead atoms. The van der Waals surface area contributed by atoms with Crippen molar-refractivity contribution in [2.24, 2.45) is 0 Å². The minimum absolute atomic E-state index is 0.0759. The molecule has 6 nitrogen and oxygen atoms in total. The van der Waals surface area contributed by atoms with Crippen LogP contribution in [0.4, 0.5) is 4.39 Å². The lowest BCUT2D eigenvalue weighted by Crippen LogP contribution is -2.39. The summed E-state index contributed by atoms with van der Waals surface area (Å²) in [5.74, 6) is -0.864. The smallest absolute Gasteiger partial charge is 0.257 e. The summed E-state index contributed by atoms with van der Waals surface area (Å²) in [5.41, 5.74) is 3.32. The second-order valence-electron chi connectivity index (χ2n) is 6.79. The fourth-order valence-corrected chi connectivity index (χ4v) is 4.03. The summed E-state index contributed by atoms with van der Waals surface area (Å²) in [5, 5.41) is 4.82. The van der Waals surface area contributed by atoms with Crippen molar-refractivity contribution in [1.29, 1.82) is 0 Å². The van der Waals surface area contributed by atoms with Crippen LogP contribution in [0.5, 0.6) is 0 Å². The van der Waals surface area contributed by atoms with E-state index in [1.54, 1.807) is 4.90 Å². The second-order valence-corrected chi connectivity index (χ2v) is 6.79. The lowest BCUT2D eigenvalue weighted by atomic mass is 9.94. The first-order valence-corrected chi connectivity index (χ1v) is 9.27. The normalized spacial score (nSPS) is 20.1. The summed E-state index contributed by atoms with van der Waals surface area (Å²) in [6.45, 7) is 4.71. The van der Waals surface area contributed by atoms with Crippen molar-refractivity contribution < 1.29 is 13.9 Å². The van der Waals surface area contributed by atoms with E-state index in [1.165, 1.54) is 18.0 Å². The first kappa shape index (κ1) is 17.1. The minimum Gasteiger partial charge on any atom is -0.376 e. The van der Waals surface area contributed by atoms with Gasteiger partial charge < -0.3 is 9.64 Å². The van der Waals surface area contributed by atoms with Crippen molar-refractivity contribution >= 4 is 5.91 Å². The number of likely N-dealkylation sites (tertiary alicyclic amines) is 1. The zero-order chi connectivity index (χ0) is 18.1. The molecule has 2 aromatic heterocycles. The number of halogens is 1. The quantitative estimate of drug-likeness (QED) is 0.846. The van der Waals surface area contributed by atoms with Gasteiger partial charge in [0.25, 0.3) is 5.91 Å². The van der Waals surface area contributed by atoms with Gasteiger partial charge in [-0.2, -0.15) is 5.10 Å². The number of aromatic nitrogens is 3. The van der Waals surface area contributed by atoms with Gasteiger partial charge in [0, 0.05) is 37.0 Å². The molecule has 0 spiro atoms. The van der Waals surface area contributed by atoms with Gasteiger partial charge in [-0.25, -0.2) is 4.39 Å². The van der Waals surface area contributed by atoms with Gasteiger partial charge in [-0.05, 0) is 32.3 Å². The van der Waals surface area contributed by atoms with Crippen molar-refractivity contribution in [3.8, 4) is 0 Å². The third kappa shape index (κ3) is 2.90. The van der Waals surface area contributed by atoms with Crippen molar-refractivity contribution in [3.63, 3.8) is 0 Å². The molecule has 0 N–H and O–H groups in total. The molecule has 7 heteroatoms. The van der Waals surface area contributed by atoms with Crippen LogP contribution in [0.25, 0.3) is 0 Å². The SMILES string of the molecule is CCn1nc(C2CCCCN2C(=O)c2ccncc2F)c2c1CCOC2. The van der Waals surface area contributed by atoms with E-state index in [9.17, 15) is 9.18 Å². The van der Waals surface area contributed by atoms with Gasteiger partial charge in [0.15, 0.2) is 5.82 Å². The Morgan fingerprint density at radius 3 is 3.12 bits per heavy atom. The molecule has 1 amide bonds. The van der Waals surface area contributed by atoms with Crippen molar-refractivity contribution in [2.45, 2.75) is 51.8 Å². The number of hydrogen-bond donors (Lipinski definition) is 0. The first-order chi connectivity index (χ1) is 12.7. The number of rotatable bonds is 3.